The van der Waals surface area contributed by atoms with Crippen molar-refractivity contribution in [3.63, 3.8) is 0 Å². The Labute approximate surface area is 136 Å². The van der Waals surface area contributed by atoms with Crippen LogP contribution in [0, 0.1) is 0 Å². The molecule has 3 N–H and O–H groups in total. The first kappa shape index (κ1) is 16.8. The second-order valence-electron chi connectivity index (χ2n) is 5.40. The average Bonchev–Trinajstić information content (AvgIpc) is 2.56. The van der Waals surface area contributed by atoms with E-state index in [1.165, 1.54) is 0 Å². The molecule has 0 aliphatic rings. The number of rotatable bonds is 6. The van der Waals surface area contributed by atoms with Gasteiger partial charge < -0.3 is 20.5 Å². The van der Waals surface area contributed by atoms with Gasteiger partial charge in [0.2, 0.25) is 0 Å². The molecule has 122 valence electrons. The van der Waals surface area contributed by atoms with E-state index in [0.717, 1.165) is 11.3 Å². The molecular formula is C18H22N2O3. The normalized spacial score (nSPS) is 13.0. The van der Waals surface area contributed by atoms with Gasteiger partial charge in [0.1, 0.15) is 11.4 Å². The fraction of sp³-hybridized carbons (Fsp3) is 0.278. The van der Waals surface area contributed by atoms with E-state index in [1.54, 1.807) is 31.2 Å². The molecule has 0 saturated carbocycles. The number of urea groups is 1. The fourth-order valence-electron chi connectivity index (χ4n) is 2.13. The van der Waals surface area contributed by atoms with Crippen molar-refractivity contribution in [2.75, 3.05) is 18.5 Å². The van der Waals surface area contributed by atoms with E-state index in [0.29, 0.717) is 12.3 Å². The first-order valence-corrected chi connectivity index (χ1v) is 7.57. The van der Waals surface area contributed by atoms with E-state index in [-0.39, 0.29) is 12.6 Å². The van der Waals surface area contributed by atoms with Crippen LogP contribution in [0.2, 0.25) is 0 Å². The van der Waals surface area contributed by atoms with Gasteiger partial charge in [-0.2, -0.15) is 0 Å². The molecule has 0 bridgehead atoms. The molecule has 5 heteroatoms. The minimum absolute atomic E-state index is 0.111. The van der Waals surface area contributed by atoms with E-state index in [2.05, 4.69) is 10.6 Å². The Morgan fingerprint density at radius 3 is 2.39 bits per heavy atom. The van der Waals surface area contributed by atoms with Crippen LogP contribution < -0.4 is 15.4 Å². The lowest BCUT2D eigenvalue weighted by Gasteiger charge is -2.24. The lowest BCUT2D eigenvalue weighted by molar-refractivity contribution is 0.0599. The van der Waals surface area contributed by atoms with Crippen LogP contribution in [0.1, 0.15) is 19.4 Å². The molecule has 0 aliphatic heterocycles. The summed E-state index contributed by atoms with van der Waals surface area (Å²) in [7, 11) is 0. The highest BCUT2D eigenvalue weighted by Crippen LogP contribution is 2.19. The van der Waals surface area contributed by atoms with Crippen molar-refractivity contribution in [1.29, 1.82) is 0 Å². The number of benzene rings is 2. The van der Waals surface area contributed by atoms with Crippen molar-refractivity contribution in [2.45, 2.75) is 19.4 Å². The summed E-state index contributed by atoms with van der Waals surface area (Å²) in [5.41, 5.74) is 0.281. The van der Waals surface area contributed by atoms with Crippen LogP contribution in [-0.2, 0) is 5.60 Å². The van der Waals surface area contributed by atoms with Crippen molar-refractivity contribution in [3.05, 3.63) is 60.2 Å². The second kappa shape index (κ2) is 7.65. The quantitative estimate of drug-likeness (QED) is 0.767. The molecule has 1 atom stereocenters. The van der Waals surface area contributed by atoms with Crippen LogP contribution in [-0.4, -0.2) is 24.3 Å². The molecule has 2 aromatic rings. The summed E-state index contributed by atoms with van der Waals surface area (Å²) < 4.78 is 5.35. The van der Waals surface area contributed by atoms with Crippen molar-refractivity contribution in [1.82, 2.24) is 5.32 Å². The molecule has 0 radical (unpaired) electrons. The van der Waals surface area contributed by atoms with E-state index in [9.17, 15) is 9.90 Å². The standard InChI is InChI=1S/C18H22N2O3/c1-3-23-16-11-9-15(10-12-16)20-17(21)19-13-18(2,22)14-7-5-4-6-8-14/h4-12,22H,3,13H2,1-2H3,(H2,19,20,21). The maximum Gasteiger partial charge on any atom is 0.319 e. The second-order valence-corrected chi connectivity index (χ2v) is 5.40. The predicted molar refractivity (Wildman–Crippen MR) is 90.6 cm³/mol. The number of anilines is 1. The zero-order chi connectivity index (χ0) is 16.7. The maximum absolute atomic E-state index is 11.9. The number of hydrogen-bond acceptors (Lipinski definition) is 3. The highest BCUT2D eigenvalue weighted by molar-refractivity contribution is 5.89. The Morgan fingerprint density at radius 2 is 1.78 bits per heavy atom. The smallest absolute Gasteiger partial charge is 0.319 e. The van der Waals surface area contributed by atoms with Crippen LogP contribution in [0.5, 0.6) is 5.75 Å². The van der Waals surface area contributed by atoms with Crippen LogP contribution in [0.25, 0.3) is 0 Å². The van der Waals surface area contributed by atoms with Crippen LogP contribution in [0.15, 0.2) is 54.6 Å². The van der Waals surface area contributed by atoms with Crippen LogP contribution in [0.4, 0.5) is 10.5 Å². The van der Waals surface area contributed by atoms with Gasteiger partial charge in [0.25, 0.3) is 0 Å². The molecule has 0 aromatic heterocycles. The Kier molecular flexibility index (Phi) is 5.60. The molecular weight excluding hydrogens is 292 g/mol. The number of nitrogens with one attached hydrogen (secondary N) is 2. The third-order valence-electron chi connectivity index (χ3n) is 3.41. The highest BCUT2D eigenvalue weighted by Gasteiger charge is 2.23. The molecule has 0 heterocycles. The average molecular weight is 314 g/mol. The van der Waals surface area contributed by atoms with Gasteiger partial charge in [0.15, 0.2) is 0 Å². The van der Waals surface area contributed by atoms with Crippen LogP contribution in [0.3, 0.4) is 0 Å². The van der Waals surface area contributed by atoms with E-state index < -0.39 is 5.60 Å². The molecule has 23 heavy (non-hydrogen) atoms. The molecule has 5 nitrogen and oxygen atoms in total. The minimum Gasteiger partial charge on any atom is -0.494 e. The van der Waals surface area contributed by atoms with Crippen LogP contribution >= 0.6 is 0 Å². The number of carbonyl (C=O) groups is 1. The molecule has 0 spiro atoms. The molecule has 0 saturated heterocycles. The topological polar surface area (TPSA) is 70.6 Å². The highest BCUT2D eigenvalue weighted by atomic mass is 16.5. The summed E-state index contributed by atoms with van der Waals surface area (Å²) >= 11 is 0. The summed E-state index contributed by atoms with van der Waals surface area (Å²) in [6.07, 6.45) is 0. The summed E-state index contributed by atoms with van der Waals surface area (Å²) in [6, 6.07) is 16.0. The lowest BCUT2D eigenvalue weighted by atomic mass is 9.96. The van der Waals surface area contributed by atoms with Gasteiger partial charge in [-0.05, 0) is 43.7 Å². The van der Waals surface area contributed by atoms with Crippen molar-refractivity contribution in [2.24, 2.45) is 0 Å². The minimum atomic E-state index is -1.13. The Balaban J connectivity index is 1.87. The van der Waals surface area contributed by atoms with Gasteiger partial charge in [-0.1, -0.05) is 30.3 Å². The third-order valence-corrected chi connectivity index (χ3v) is 3.41. The number of aliphatic hydroxyl groups is 1. The Hall–Kier alpha value is -2.53. The van der Waals surface area contributed by atoms with Gasteiger partial charge in [0.05, 0.1) is 13.2 Å². The van der Waals surface area contributed by atoms with Crippen molar-refractivity contribution in [3.8, 4) is 5.75 Å². The van der Waals surface area contributed by atoms with E-state index in [4.69, 9.17) is 4.74 Å². The molecule has 2 rings (SSSR count). The van der Waals surface area contributed by atoms with E-state index >= 15 is 0 Å². The number of carbonyl (C=O) groups excluding carboxylic acids is 1. The lowest BCUT2D eigenvalue weighted by Crippen LogP contribution is -2.40. The van der Waals surface area contributed by atoms with Gasteiger partial charge in [-0.3, -0.25) is 0 Å². The van der Waals surface area contributed by atoms with Crippen molar-refractivity contribution < 1.29 is 14.6 Å². The third kappa shape index (κ3) is 5.00. The van der Waals surface area contributed by atoms with Gasteiger partial charge in [-0.25, -0.2) is 4.79 Å². The molecule has 0 fully saturated rings. The van der Waals surface area contributed by atoms with Gasteiger partial charge >= 0.3 is 6.03 Å². The predicted octanol–water partition coefficient (Wildman–Crippen LogP) is 3.11. The summed E-state index contributed by atoms with van der Waals surface area (Å²) in [6.45, 7) is 4.29. The largest absolute Gasteiger partial charge is 0.494 e. The van der Waals surface area contributed by atoms with Crippen molar-refractivity contribution >= 4 is 11.7 Å². The molecule has 1 unspecified atom stereocenters. The number of amides is 2. The monoisotopic (exact) mass is 314 g/mol. The first-order valence-electron chi connectivity index (χ1n) is 7.57. The number of hydrogen-bond donors (Lipinski definition) is 3. The summed E-state index contributed by atoms with van der Waals surface area (Å²) in [4.78, 5) is 11.9. The van der Waals surface area contributed by atoms with E-state index in [1.807, 2.05) is 37.3 Å². The molecule has 2 amide bonds. The summed E-state index contributed by atoms with van der Waals surface area (Å²) in [5, 5.41) is 15.8. The Bertz CT molecular complexity index is 624. The first-order chi connectivity index (χ1) is 11.0. The fourth-order valence-corrected chi connectivity index (χ4v) is 2.13. The Morgan fingerprint density at radius 1 is 1.13 bits per heavy atom. The maximum atomic E-state index is 11.9. The molecule has 2 aromatic carbocycles. The summed E-state index contributed by atoms with van der Waals surface area (Å²) in [5.74, 6) is 0.755. The zero-order valence-corrected chi connectivity index (χ0v) is 13.4. The van der Waals surface area contributed by atoms with Gasteiger partial charge in [-0.15, -0.1) is 0 Å². The molecule has 0 aliphatic carbocycles. The van der Waals surface area contributed by atoms with Gasteiger partial charge in [0, 0.05) is 5.69 Å². The zero-order valence-electron chi connectivity index (χ0n) is 13.4. The number of ether oxygens (including phenoxy) is 1. The SMILES string of the molecule is CCOc1ccc(NC(=O)NCC(C)(O)c2ccccc2)cc1.